The summed E-state index contributed by atoms with van der Waals surface area (Å²) in [5.41, 5.74) is 2.71. The summed E-state index contributed by atoms with van der Waals surface area (Å²) in [5, 5.41) is 13.9. The molecule has 0 atom stereocenters. The second-order valence-electron chi connectivity index (χ2n) is 4.44. The van der Waals surface area contributed by atoms with Gasteiger partial charge in [0.25, 0.3) is 5.91 Å². The van der Waals surface area contributed by atoms with Crippen molar-refractivity contribution in [3.63, 3.8) is 0 Å². The number of benzene rings is 2. The Labute approximate surface area is 138 Å². The van der Waals surface area contributed by atoms with Crippen LogP contribution < -0.4 is 14.9 Å². The van der Waals surface area contributed by atoms with E-state index in [9.17, 15) is 9.90 Å². The average molecular weight is 335 g/mol. The van der Waals surface area contributed by atoms with E-state index in [1.54, 1.807) is 36.4 Å². The van der Waals surface area contributed by atoms with Gasteiger partial charge in [0.05, 0.1) is 18.3 Å². The van der Waals surface area contributed by atoms with Gasteiger partial charge in [-0.25, -0.2) is 5.43 Å². The van der Waals surface area contributed by atoms with Gasteiger partial charge in [0, 0.05) is 5.56 Å². The number of phenols is 1. The van der Waals surface area contributed by atoms with Gasteiger partial charge in [-0.05, 0) is 30.3 Å². The van der Waals surface area contributed by atoms with Gasteiger partial charge < -0.3 is 14.6 Å². The molecule has 0 fully saturated rings. The van der Waals surface area contributed by atoms with E-state index in [-0.39, 0.29) is 12.4 Å². The fourth-order valence-electron chi connectivity index (χ4n) is 1.67. The highest BCUT2D eigenvalue weighted by Crippen LogP contribution is 2.23. The molecular weight excluding hydrogens is 320 g/mol. The number of hydrogen-bond acceptors (Lipinski definition) is 5. The van der Waals surface area contributed by atoms with Crippen LogP contribution in [0.2, 0.25) is 5.02 Å². The molecule has 0 aliphatic rings. The number of nitrogens with zero attached hydrogens (tertiary/aromatic N) is 1. The number of hydrazone groups is 1. The number of nitrogens with one attached hydrogen (secondary N) is 1. The molecule has 120 valence electrons. The summed E-state index contributed by atoms with van der Waals surface area (Å²) in [6.45, 7) is -0.231. The van der Waals surface area contributed by atoms with Crippen LogP contribution in [-0.4, -0.2) is 30.9 Å². The maximum atomic E-state index is 11.6. The van der Waals surface area contributed by atoms with Crippen molar-refractivity contribution in [1.29, 1.82) is 0 Å². The number of methoxy groups -OCH3 is 1. The normalized spacial score (nSPS) is 10.5. The highest BCUT2D eigenvalue weighted by molar-refractivity contribution is 6.32. The van der Waals surface area contributed by atoms with Crippen LogP contribution in [0.25, 0.3) is 0 Å². The minimum Gasteiger partial charge on any atom is -0.507 e. The molecule has 2 aromatic rings. The van der Waals surface area contributed by atoms with Crippen molar-refractivity contribution in [2.75, 3.05) is 13.7 Å². The standard InChI is InChI=1S/C16H15ClN2O4/c1-22-12-6-7-14(20)11(8-12)9-18-19-16(21)10-23-15-5-3-2-4-13(15)17/h2-9,20H,10H2,1H3,(H,19,21)/b18-9-. The van der Waals surface area contributed by atoms with E-state index in [0.29, 0.717) is 22.1 Å². The number of amides is 1. The van der Waals surface area contributed by atoms with E-state index in [4.69, 9.17) is 21.1 Å². The summed E-state index contributed by atoms with van der Waals surface area (Å²) in [6, 6.07) is 11.5. The lowest BCUT2D eigenvalue weighted by atomic mass is 10.2. The number of ether oxygens (including phenoxy) is 2. The minimum atomic E-state index is -0.455. The van der Waals surface area contributed by atoms with E-state index in [0.717, 1.165) is 0 Å². The van der Waals surface area contributed by atoms with E-state index < -0.39 is 5.91 Å². The molecule has 0 heterocycles. The number of aromatic hydroxyl groups is 1. The van der Waals surface area contributed by atoms with Crippen molar-refractivity contribution >= 4 is 23.7 Å². The molecule has 0 saturated heterocycles. The lowest BCUT2D eigenvalue weighted by Crippen LogP contribution is -2.24. The van der Waals surface area contributed by atoms with Crippen molar-refractivity contribution in [2.45, 2.75) is 0 Å². The molecular formula is C16H15ClN2O4. The summed E-state index contributed by atoms with van der Waals surface area (Å²) in [7, 11) is 1.52. The van der Waals surface area contributed by atoms with Crippen LogP contribution in [0.15, 0.2) is 47.6 Å². The maximum Gasteiger partial charge on any atom is 0.277 e. The van der Waals surface area contributed by atoms with Gasteiger partial charge in [-0.3, -0.25) is 4.79 Å². The number of rotatable bonds is 6. The lowest BCUT2D eigenvalue weighted by Gasteiger charge is -2.06. The number of carbonyl (C=O) groups excluding carboxylic acids is 1. The van der Waals surface area contributed by atoms with E-state index in [2.05, 4.69) is 10.5 Å². The molecule has 0 aliphatic carbocycles. The smallest absolute Gasteiger partial charge is 0.277 e. The SMILES string of the molecule is COc1ccc(O)c(/C=N\NC(=O)COc2ccccc2Cl)c1. The molecule has 0 bridgehead atoms. The molecule has 2 aromatic carbocycles. The molecule has 23 heavy (non-hydrogen) atoms. The molecule has 0 spiro atoms. The molecule has 0 unspecified atom stereocenters. The number of halogens is 1. The van der Waals surface area contributed by atoms with Crippen LogP contribution >= 0.6 is 11.6 Å². The average Bonchev–Trinajstić information content (AvgIpc) is 2.56. The maximum absolute atomic E-state index is 11.6. The van der Waals surface area contributed by atoms with Crippen LogP contribution in [0.5, 0.6) is 17.2 Å². The summed E-state index contributed by atoms with van der Waals surface area (Å²) in [4.78, 5) is 11.6. The molecule has 6 nitrogen and oxygen atoms in total. The van der Waals surface area contributed by atoms with Crippen LogP contribution in [0.1, 0.15) is 5.56 Å². The van der Waals surface area contributed by atoms with Crippen molar-refractivity contribution < 1.29 is 19.4 Å². The van der Waals surface area contributed by atoms with Crippen LogP contribution in [0, 0.1) is 0 Å². The van der Waals surface area contributed by atoms with Gasteiger partial charge in [0.2, 0.25) is 0 Å². The molecule has 2 N–H and O–H groups in total. The zero-order valence-corrected chi connectivity index (χ0v) is 13.1. The molecule has 0 radical (unpaired) electrons. The summed E-state index contributed by atoms with van der Waals surface area (Å²) >= 11 is 5.91. The fourth-order valence-corrected chi connectivity index (χ4v) is 1.86. The zero-order valence-electron chi connectivity index (χ0n) is 12.3. The summed E-state index contributed by atoms with van der Waals surface area (Å²) < 4.78 is 10.3. The van der Waals surface area contributed by atoms with Crippen LogP contribution in [0.3, 0.4) is 0 Å². The summed E-state index contributed by atoms with van der Waals surface area (Å²) in [5.74, 6) is 0.552. The number of hydrogen-bond donors (Lipinski definition) is 2. The van der Waals surface area contributed by atoms with Gasteiger partial charge in [-0.1, -0.05) is 23.7 Å². The van der Waals surface area contributed by atoms with E-state index >= 15 is 0 Å². The van der Waals surface area contributed by atoms with E-state index in [1.165, 1.54) is 19.4 Å². The van der Waals surface area contributed by atoms with Crippen molar-refractivity contribution in [1.82, 2.24) is 5.43 Å². The topological polar surface area (TPSA) is 80.2 Å². The second-order valence-corrected chi connectivity index (χ2v) is 4.84. The first-order valence-corrected chi connectivity index (χ1v) is 7.04. The number of phenolic OH excluding ortho intramolecular Hbond substituents is 1. The fraction of sp³-hybridized carbons (Fsp3) is 0.125. The predicted octanol–water partition coefficient (Wildman–Crippen LogP) is 2.58. The first kappa shape index (κ1) is 16.6. The third-order valence-corrected chi connectivity index (χ3v) is 3.14. The molecule has 0 saturated carbocycles. The Kier molecular flexibility index (Phi) is 5.82. The van der Waals surface area contributed by atoms with Crippen molar-refractivity contribution in [3.8, 4) is 17.2 Å². The third-order valence-electron chi connectivity index (χ3n) is 2.82. The summed E-state index contributed by atoms with van der Waals surface area (Å²) in [6.07, 6.45) is 1.31. The number of carbonyl (C=O) groups is 1. The number of para-hydroxylation sites is 1. The molecule has 1 amide bonds. The first-order valence-electron chi connectivity index (χ1n) is 6.66. The Morgan fingerprint density at radius 2 is 2.13 bits per heavy atom. The largest absolute Gasteiger partial charge is 0.507 e. The van der Waals surface area contributed by atoms with E-state index in [1.807, 2.05) is 0 Å². The predicted molar refractivity (Wildman–Crippen MR) is 87.3 cm³/mol. The Balaban J connectivity index is 1.88. The Morgan fingerprint density at radius 3 is 2.87 bits per heavy atom. The van der Waals surface area contributed by atoms with Gasteiger partial charge in [-0.15, -0.1) is 0 Å². The Hall–Kier alpha value is -2.73. The van der Waals surface area contributed by atoms with Gasteiger partial charge in [0.15, 0.2) is 6.61 Å². The van der Waals surface area contributed by atoms with Gasteiger partial charge in [0.1, 0.15) is 17.2 Å². The Bertz CT molecular complexity index is 719. The highest BCUT2D eigenvalue weighted by atomic mass is 35.5. The molecule has 7 heteroatoms. The minimum absolute atomic E-state index is 0.0242. The van der Waals surface area contributed by atoms with Crippen molar-refractivity contribution in [3.05, 3.63) is 53.1 Å². The Morgan fingerprint density at radius 1 is 1.35 bits per heavy atom. The van der Waals surface area contributed by atoms with Crippen LogP contribution in [-0.2, 0) is 4.79 Å². The second kappa shape index (κ2) is 8.05. The molecule has 0 aromatic heterocycles. The molecule has 2 rings (SSSR count). The first-order chi connectivity index (χ1) is 11.1. The zero-order chi connectivity index (χ0) is 16.7. The lowest BCUT2D eigenvalue weighted by molar-refractivity contribution is -0.123. The highest BCUT2D eigenvalue weighted by Gasteiger charge is 2.05. The van der Waals surface area contributed by atoms with Gasteiger partial charge in [-0.2, -0.15) is 5.10 Å². The van der Waals surface area contributed by atoms with Gasteiger partial charge >= 0.3 is 0 Å². The van der Waals surface area contributed by atoms with Crippen molar-refractivity contribution in [2.24, 2.45) is 5.10 Å². The molecule has 0 aliphatic heterocycles. The monoisotopic (exact) mass is 334 g/mol. The third kappa shape index (κ3) is 4.89. The van der Waals surface area contributed by atoms with Crippen LogP contribution in [0.4, 0.5) is 0 Å². The quantitative estimate of drug-likeness (QED) is 0.628.